The van der Waals surface area contributed by atoms with Crippen molar-refractivity contribution < 1.29 is 77.0 Å². The Labute approximate surface area is 614 Å². The number of rotatable bonds is 44. The Balaban J connectivity index is 2.57. The lowest BCUT2D eigenvalue weighted by atomic mass is 9.95. The van der Waals surface area contributed by atoms with E-state index in [0.717, 1.165) is 6.42 Å². The zero-order valence-electron chi connectivity index (χ0n) is 64.7. The molecule has 12 unspecified atom stereocenters. The molecule has 1 fully saturated rings. The number of hydrogen-bond donors (Lipinski definition) is 14. The van der Waals surface area contributed by atoms with Crippen molar-refractivity contribution in [1.29, 1.82) is 0 Å². The van der Waals surface area contributed by atoms with E-state index in [0.29, 0.717) is 37.0 Å². The van der Waals surface area contributed by atoms with Gasteiger partial charge in [-0.25, -0.2) is 4.79 Å². The molecule has 0 saturated carbocycles. The van der Waals surface area contributed by atoms with Gasteiger partial charge in [0.2, 0.25) is 65.0 Å². The molecule has 0 radical (unpaired) electrons. The minimum Gasteiger partial charge on any atom is -0.458 e. The number of benzene rings is 1. The molecule has 0 spiro atoms. The lowest BCUT2D eigenvalue weighted by molar-refractivity contribution is -0.157. The predicted molar refractivity (Wildman–Crippen MR) is 393 cm³/mol. The van der Waals surface area contributed by atoms with E-state index in [2.05, 4.69) is 58.5 Å². The van der Waals surface area contributed by atoms with Crippen LogP contribution in [0.4, 0.5) is 0 Å². The lowest BCUT2D eigenvalue weighted by Crippen LogP contribution is -2.64. The maximum absolute atomic E-state index is 15.0. The van der Waals surface area contributed by atoms with Crippen molar-refractivity contribution in [2.45, 2.75) is 274 Å². The van der Waals surface area contributed by atoms with Gasteiger partial charge in [0.05, 0.1) is 11.8 Å². The van der Waals surface area contributed by atoms with Gasteiger partial charge < -0.3 is 89.5 Å². The number of aliphatic hydroxyl groups excluding tert-OH is 1. The molecule has 16 atom stereocenters. The topological polar surface area (TPSA) is 456 Å². The average molecular weight is 1470 g/mol. The lowest BCUT2D eigenvalue weighted by Gasteiger charge is -2.34. The molecule has 1 heterocycles. The molecular formula is C74H124N14O16. The number of esters is 1. The van der Waals surface area contributed by atoms with Crippen molar-refractivity contribution in [2.75, 3.05) is 13.1 Å². The van der Waals surface area contributed by atoms with Crippen LogP contribution in [0, 0.1) is 47.3 Å². The van der Waals surface area contributed by atoms with Crippen LogP contribution in [0.25, 0.3) is 0 Å². The molecule has 30 nitrogen and oxygen atoms in total. The Morgan fingerprint density at radius 2 is 0.962 bits per heavy atom. The number of nitrogens with two attached hydrogens (primary N) is 2. The summed E-state index contributed by atoms with van der Waals surface area (Å²) < 4.78 is 5.89. The molecule has 1 saturated heterocycles. The number of nitrogens with zero attached hydrogens (tertiary/aromatic N) is 1. The molecule has 1 aliphatic rings. The van der Waals surface area contributed by atoms with E-state index in [4.69, 9.17) is 16.2 Å². The van der Waals surface area contributed by atoms with Crippen molar-refractivity contribution in [2.24, 2.45) is 58.8 Å². The van der Waals surface area contributed by atoms with Gasteiger partial charge in [0.25, 0.3) is 5.91 Å². The van der Waals surface area contributed by atoms with Crippen LogP contribution in [0.5, 0.6) is 0 Å². The van der Waals surface area contributed by atoms with Crippen LogP contribution in [-0.2, 0) is 71.9 Å². The number of carbonyl (C=O) groups excluding carboxylic acids is 14. The molecular weight excluding hydrogens is 1340 g/mol. The molecule has 0 aromatic heterocycles. The van der Waals surface area contributed by atoms with Crippen molar-refractivity contribution in [1.82, 2.24) is 63.4 Å². The maximum Gasteiger partial charge on any atom is 0.329 e. The summed E-state index contributed by atoms with van der Waals surface area (Å²) in [5, 5.41) is 40.3. The third-order valence-corrected chi connectivity index (χ3v) is 18.7. The quantitative estimate of drug-likeness (QED) is 0.0252. The zero-order valence-corrected chi connectivity index (χ0v) is 64.7. The van der Waals surface area contributed by atoms with Gasteiger partial charge in [0.15, 0.2) is 0 Å². The second-order valence-corrected chi connectivity index (χ2v) is 29.5. The predicted octanol–water partition coefficient (Wildman–Crippen LogP) is 1.99. The van der Waals surface area contributed by atoms with Gasteiger partial charge in [0.1, 0.15) is 84.9 Å². The average Bonchev–Trinajstić information content (AvgIpc) is 1.08. The Morgan fingerprint density at radius 1 is 0.529 bits per heavy atom. The van der Waals surface area contributed by atoms with E-state index < -0.39 is 197 Å². The number of ether oxygens (including phenoxy) is 1. The fraction of sp³-hybridized carbons (Fsp3) is 0.703. The van der Waals surface area contributed by atoms with Gasteiger partial charge >= 0.3 is 5.97 Å². The number of aliphatic hydroxyl groups is 1. The van der Waals surface area contributed by atoms with Gasteiger partial charge in [-0.2, -0.15) is 0 Å². The minimum absolute atomic E-state index is 0.0576. The molecule has 586 valence electrons. The second-order valence-electron chi connectivity index (χ2n) is 29.5. The van der Waals surface area contributed by atoms with E-state index in [1.165, 1.54) is 31.7 Å². The van der Waals surface area contributed by atoms with Crippen LogP contribution in [-0.4, -0.2) is 185 Å². The SMILES string of the molecule is C/C=C(\N)C(=O)NC(C(=O)OC(C)C(NC(=O)[C@H](NC(=O)[C@H](CCCN)NC(=O)[C@@H]1CCCN1C(=O)C(NC(=O)C(NC(=O)C(NC(=O)C(NC(=O)CCCC(C)C)C(C)C)C(C)O)C(C)C)C(C)C)C(C)CC)C(=O)N[C@@H](C(=O)NC(C(=O)NC(C=O)c1ccccc1)C(C)C)C(C)CC)C(C)C. The van der Waals surface area contributed by atoms with Gasteiger partial charge in [-0.1, -0.05) is 166 Å². The Hall–Kier alpha value is -8.54. The molecule has 12 amide bonds. The standard InChI is InChI=1S/C74H124N14O16/c1-20-44(16)59(70(99)87-62(47(19)104-74(103)58(43(14)15)83-63(92)49(76)22-3)72(101)85-60(45(17)21-2)69(98)80-55(40(8)9)66(95)78-51(37-89)48-30-24-23-25-31-48)84-64(93)50(32-27-35-75)77-65(94)52-33-28-36-88(52)73(102)57(42(12)13)82-68(97)56(41(10)11)81-71(100)61(46(18)90)86-67(96)54(39(6)7)79-53(91)34-26-29-38(4)5/h22-25,30-31,37-47,50-52,54-62,90H,20-21,26-29,32-36,75-76H2,1-19H3,(H,77,94)(H,78,95)(H,79,91)(H,80,98)(H,81,100)(H,82,97)(H,83,92)(H,84,93)(H,85,101)(H,86,96)(H,87,99)/b49-22-/t44?,45?,46?,47?,50-,51?,52-,54?,55?,56?,57?,58?,59+,60+,61?,62?/m0/s1. The van der Waals surface area contributed by atoms with Crippen molar-refractivity contribution in [3.63, 3.8) is 0 Å². The summed E-state index contributed by atoms with van der Waals surface area (Å²) in [7, 11) is 0. The fourth-order valence-electron chi connectivity index (χ4n) is 11.6. The number of allylic oxidation sites excluding steroid dienone is 1. The molecule has 0 aliphatic carbocycles. The van der Waals surface area contributed by atoms with Crippen LogP contribution in [0.1, 0.15) is 201 Å². The normalized spacial score (nSPS) is 17.5. The van der Waals surface area contributed by atoms with Crippen LogP contribution in [0.2, 0.25) is 0 Å². The van der Waals surface area contributed by atoms with E-state index in [1.807, 2.05) is 13.8 Å². The number of carbonyl (C=O) groups is 14. The first-order chi connectivity index (χ1) is 48.7. The summed E-state index contributed by atoms with van der Waals surface area (Å²) in [6.45, 7) is 31.7. The summed E-state index contributed by atoms with van der Waals surface area (Å²) in [6, 6.07) is -7.65. The molecule has 2 rings (SSSR count). The van der Waals surface area contributed by atoms with Gasteiger partial charge in [-0.05, 0) is 112 Å². The van der Waals surface area contributed by atoms with E-state index in [1.54, 1.807) is 127 Å². The van der Waals surface area contributed by atoms with Crippen molar-refractivity contribution in [3.8, 4) is 0 Å². The summed E-state index contributed by atoms with van der Waals surface area (Å²) in [6.07, 6.45) is 1.59. The first kappa shape index (κ1) is 91.5. The van der Waals surface area contributed by atoms with Crippen LogP contribution in [0.3, 0.4) is 0 Å². The first-order valence-electron chi connectivity index (χ1n) is 36.9. The number of nitrogens with one attached hydrogen (secondary N) is 11. The maximum atomic E-state index is 15.0. The monoisotopic (exact) mass is 1460 g/mol. The molecule has 1 aromatic carbocycles. The second kappa shape index (κ2) is 45.0. The summed E-state index contributed by atoms with van der Waals surface area (Å²) >= 11 is 0. The first-order valence-corrected chi connectivity index (χ1v) is 36.9. The molecule has 0 bridgehead atoms. The highest BCUT2D eigenvalue weighted by Gasteiger charge is 2.44. The number of amides is 12. The van der Waals surface area contributed by atoms with Gasteiger partial charge in [-0.15, -0.1) is 0 Å². The number of aldehydes is 1. The summed E-state index contributed by atoms with van der Waals surface area (Å²) in [5.41, 5.74) is 12.1. The molecule has 1 aliphatic heterocycles. The molecule has 1 aromatic rings. The molecule has 30 heteroatoms. The summed E-state index contributed by atoms with van der Waals surface area (Å²) in [5.74, 6) is -14.1. The third-order valence-electron chi connectivity index (χ3n) is 18.7. The van der Waals surface area contributed by atoms with Gasteiger partial charge in [0, 0.05) is 13.0 Å². The molecule has 16 N–H and O–H groups in total. The van der Waals surface area contributed by atoms with Gasteiger partial charge in [-0.3, -0.25) is 57.5 Å². The summed E-state index contributed by atoms with van der Waals surface area (Å²) in [4.78, 5) is 198. The van der Waals surface area contributed by atoms with E-state index in [9.17, 15) is 62.6 Å². The molecule has 104 heavy (non-hydrogen) atoms. The highest BCUT2D eigenvalue weighted by atomic mass is 16.5. The van der Waals surface area contributed by atoms with Crippen molar-refractivity contribution >= 4 is 83.1 Å². The van der Waals surface area contributed by atoms with E-state index >= 15 is 9.59 Å². The Kier molecular flexibility index (Phi) is 39.6. The third kappa shape index (κ3) is 28.5. The minimum atomic E-state index is -1.84. The Morgan fingerprint density at radius 3 is 1.42 bits per heavy atom. The highest BCUT2D eigenvalue weighted by molar-refractivity contribution is 6.00. The highest BCUT2D eigenvalue weighted by Crippen LogP contribution is 2.23. The van der Waals surface area contributed by atoms with Crippen LogP contribution < -0.4 is 70.0 Å². The van der Waals surface area contributed by atoms with Crippen LogP contribution in [0.15, 0.2) is 42.1 Å². The number of hydrogen-bond acceptors (Lipinski definition) is 18. The van der Waals surface area contributed by atoms with Crippen LogP contribution >= 0.6 is 0 Å². The fourth-order valence-corrected chi connectivity index (χ4v) is 11.6. The Bertz CT molecular complexity index is 3070. The smallest absolute Gasteiger partial charge is 0.329 e. The zero-order chi connectivity index (χ0) is 79.2. The van der Waals surface area contributed by atoms with Crippen molar-refractivity contribution in [3.05, 3.63) is 47.7 Å². The number of likely N-dealkylation sites (tertiary alicyclic amines) is 1. The largest absolute Gasteiger partial charge is 0.458 e. The van der Waals surface area contributed by atoms with E-state index in [-0.39, 0.29) is 56.8 Å².